The van der Waals surface area contributed by atoms with Crippen LogP contribution in [0, 0.1) is 0 Å². The summed E-state index contributed by atoms with van der Waals surface area (Å²) in [6, 6.07) is 7.45. The third-order valence-corrected chi connectivity index (χ3v) is 5.49. The summed E-state index contributed by atoms with van der Waals surface area (Å²) in [5.41, 5.74) is -1.13. The number of carbonyl (C=O) groups excluding carboxylic acids is 2. The quantitative estimate of drug-likeness (QED) is 0.730. The number of sulfonamides is 1. The minimum absolute atomic E-state index is 0.0399. The van der Waals surface area contributed by atoms with E-state index in [0.717, 1.165) is 0 Å². The zero-order chi connectivity index (χ0) is 14.4. The molecule has 1 aromatic rings. The van der Waals surface area contributed by atoms with Gasteiger partial charge in [0.05, 0.1) is 4.90 Å². The Bertz CT molecular complexity index is 673. The normalized spacial score (nSPS) is 26.8. The van der Waals surface area contributed by atoms with Crippen LogP contribution in [0.15, 0.2) is 35.2 Å². The first-order valence-electron chi connectivity index (χ1n) is 6.13. The number of hydrogen-bond donors (Lipinski definition) is 2. The molecule has 2 fully saturated rings. The molecule has 3 amide bonds. The second-order valence-corrected chi connectivity index (χ2v) is 6.83. The zero-order valence-corrected chi connectivity index (χ0v) is 11.3. The number of imide groups is 1. The highest BCUT2D eigenvalue weighted by Gasteiger charge is 2.53. The fourth-order valence-corrected chi connectivity index (χ4v) is 4.06. The zero-order valence-electron chi connectivity index (χ0n) is 10.5. The van der Waals surface area contributed by atoms with Crippen LogP contribution in [0.3, 0.4) is 0 Å². The van der Waals surface area contributed by atoms with Crippen LogP contribution in [0.5, 0.6) is 0 Å². The van der Waals surface area contributed by atoms with Gasteiger partial charge in [-0.1, -0.05) is 18.2 Å². The summed E-state index contributed by atoms with van der Waals surface area (Å²) in [7, 11) is -3.64. The predicted octanol–water partition coefficient (Wildman–Crippen LogP) is -0.341. The van der Waals surface area contributed by atoms with E-state index < -0.39 is 27.5 Å². The summed E-state index contributed by atoms with van der Waals surface area (Å²) in [6.07, 6.45) is 0.274. The van der Waals surface area contributed by atoms with Crippen molar-refractivity contribution in [2.75, 3.05) is 13.1 Å². The van der Waals surface area contributed by atoms with E-state index >= 15 is 0 Å². The Balaban J connectivity index is 1.88. The van der Waals surface area contributed by atoms with Gasteiger partial charge in [0.2, 0.25) is 10.0 Å². The average Bonchev–Trinajstić information content (AvgIpc) is 2.96. The van der Waals surface area contributed by atoms with Crippen molar-refractivity contribution in [2.24, 2.45) is 0 Å². The molecule has 1 spiro atoms. The molecule has 2 saturated heterocycles. The highest BCUT2D eigenvalue weighted by Crippen LogP contribution is 2.29. The molecule has 20 heavy (non-hydrogen) atoms. The van der Waals surface area contributed by atoms with Gasteiger partial charge in [0, 0.05) is 13.1 Å². The van der Waals surface area contributed by atoms with Crippen LogP contribution in [0.1, 0.15) is 6.42 Å². The maximum Gasteiger partial charge on any atom is 0.322 e. The maximum atomic E-state index is 12.4. The van der Waals surface area contributed by atoms with Crippen molar-refractivity contribution in [2.45, 2.75) is 16.9 Å². The van der Waals surface area contributed by atoms with Gasteiger partial charge in [-0.2, -0.15) is 4.31 Å². The van der Waals surface area contributed by atoms with E-state index in [1.54, 1.807) is 18.2 Å². The molecule has 106 valence electrons. The van der Waals surface area contributed by atoms with Crippen LogP contribution >= 0.6 is 0 Å². The number of benzene rings is 1. The van der Waals surface area contributed by atoms with Gasteiger partial charge in [-0.05, 0) is 18.6 Å². The van der Waals surface area contributed by atoms with E-state index in [-0.39, 0.29) is 24.4 Å². The first kappa shape index (κ1) is 13.1. The number of urea groups is 1. The van der Waals surface area contributed by atoms with E-state index in [4.69, 9.17) is 0 Å². The largest absolute Gasteiger partial charge is 0.322 e. The van der Waals surface area contributed by atoms with Crippen molar-refractivity contribution >= 4 is 22.0 Å². The first-order valence-corrected chi connectivity index (χ1v) is 7.57. The molecule has 0 aliphatic carbocycles. The van der Waals surface area contributed by atoms with Gasteiger partial charge >= 0.3 is 6.03 Å². The van der Waals surface area contributed by atoms with Crippen molar-refractivity contribution in [3.8, 4) is 0 Å². The summed E-state index contributed by atoms with van der Waals surface area (Å²) < 4.78 is 26.1. The van der Waals surface area contributed by atoms with Gasteiger partial charge in [-0.25, -0.2) is 13.2 Å². The van der Waals surface area contributed by atoms with Gasteiger partial charge < -0.3 is 5.32 Å². The molecule has 2 aliphatic heterocycles. The smallest absolute Gasteiger partial charge is 0.322 e. The molecule has 8 heteroatoms. The van der Waals surface area contributed by atoms with E-state index in [2.05, 4.69) is 10.6 Å². The van der Waals surface area contributed by atoms with Crippen molar-refractivity contribution in [1.82, 2.24) is 14.9 Å². The fraction of sp³-hybridized carbons (Fsp3) is 0.333. The van der Waals surface area contributed by atoms with Crippen LogP contribution < -0.4 is 10.6 Å². The summed E-state index contributed by atoms with van der Waals surface area (Å²) in [5, 5.41) is 4.68. The summed E-state index contributed by atoms with van der Waals surface area (Å²) >= 11 is 0. The van der Waals surface area contributed by atoms with Crippen molar-refractivity contribution < 1.29 is 18.0 Å². The fourth-order valence-electron chi connectivity index (χ4n) is 2.54. The molecule has 0 saturated carbocycles. The predicted molar refractivity (Wildman–Crippen MR) is 69.2 cm³/mol. The maximum absolute atomic E-state index is 12.4. The lowest BCUT2D eigenvalue weighted by Crippen LogP contribution is -2.49. The highest BCUT2D eigenvalue weighted by atomic mass is 32.2. The van der Waals surface area contributed by atoms with E-state index in [0.29, 0.717) is 0 Å². The second-order valence-electron chi connectivity index (χ2n) is 4.89. The lowest BCUT2D eigenvalue weighted by Gasteiger charge is -2.20. The molecule has 0 aromatic heterocycles. The summed E-state index contributed by atoms with van der Waals surface area (Å²) in [6.45, 7) is 0.159. The van der Waals surface area contributed by atoms with E-state index in [9.17, 15) is 18.0 Å². The number of amides is 3. The molecule has 2 N–H and O–H groups in total. The molecule has 1 aromatic carbocycles. The SMILES string of the molecule is O=C1NC(=O)C2(CCN(S(=O)(=O)c3ccccc3)C2)N1. The molecule has 0 radical (unpaired) electrons. The average molecular weight is 295 g/mol. The monoisotopic (exact) mass is 295 g/mol. The van der Waals surface area contributed by atoms with Crippen molar-refractivity contribution in [3.05, 3.63) is 30.3 Å². The Morgan fingerprint density at radius 2 is 1.85 bits per heavy atom. The van der Waals surface area contributed by atoms with Crippen LogP contribution in [-0.2, 0) is 14.8 Å². The van der Waals surface area contributed by atoms with E-state index in [1.807, 2.05) is 0 Å². The molecular formula is C12H13N3O4S. The van der Waals surface area contributed by atoms with Crippen molar-refractivity contribution in [3.63, 3.8) is 0 Å². The third-order valence-electron chi connectivity index (χ3n) is 3.63. The number of hydrogen-bond acceptors (Lipinski definition) is 4. The molecule has 1 unspecified atom stereocenters. The van der Waals surface area contributed by atoms with Gasteiger partial charge in [-0.15, -0.1) is 0 Å². The number of rotatable bonds is 2. The standard InChI is InChI=1S/C12H13N3O4S/c16-10-12(14-11(17)13-10)6-7-15(8-12)20(18,19)9-4-2-1-3-5-9/h1-5H,6-8H2,(H2,13,14,16,17). The molecule has 0 bridgehead atoms. The van der Waals surface area contributed by atoms with Crippen molar-refractivity contribution in [1.29, 1.82) is 0 Å². The Morgan fingerprint density at radius 1 is 1.15 bits per heavy atom. The Morgan fingerprint density at radius 3 is 2.45 bits per heavy atom. The molecule has 1 atom stereocenters. The topological polar surface area (TPSA) is 95.6 Å². The lowest BCUT2D eigenvalue weighted by atomic mass is 10.00. The Hall–Kier alpha value is -1.93. The van der Waals surface area contributed by atoms with Crippen LogP contribution in [0.4, 0.5) is 4.79 Å². The lowest BCUT2D eigenvalue weighted by molar-refractivity contribution is -0.123. The molecule has 2 heterocycles. The molecule has 7 nitrogen and oxygen atoms in total. The van der Waals surface area contributed by atoms with Gasteiger partial charge in [-0.3, -0.25) is 10.1 Å². The highest BCUT2D eigenvalue weighted by molar-refractivity contribution is 7.89. The van der Waals surface area contributed by atoms with Gasteiger partial charge in [0.1, 0.15) is 5.54 Å². The summed E-state index contributed by atoms with van der Waals surface area (Å²) in [5.74, 6) is -0.465. The third kappa shape index (κ3) is 1.88. The first-order chi connectivity index (χ1) is 9.44. The molecular weight excluding hydrogens is 282 g/mol. The number of carbonyl (C=O) groups is 2. The molecule has 2 aliphatic rings. The van der Waals surface area contributed by atoms with Crippen LogP contribution in [0.2, 0.25) is 0 Å². The molecule has 3 rings (SSSR count). The number of nitrogens with one attached hydrogen (secondary N) is 2. The van der Waals surface area contributed by atoms with E-state index in [1.165, 1.54) is 16.4 Å². The Kier molecular flexibility index (Phi) is 2.80. The van der Waals surface area contributed by atoms with Crippen LogP contribution in [0.25, 0.3) is 0 Å². The Labute approximate surface area is 116 Å². The van der Waals surface area contributed by atoms with Gasteiger partial charge in [0.25, 0.3) is 5.91 Å². The second kappa shape index (κ2) is 4.29. The number of nitrogens with zero attached hydrogens (tertiary/aromatic N) is 1. The minimum Gasteiger partial charge on any atom is -0.322 e. The van der Waals surface area contributed by atoms with Crippen LogP contribution in [-0.4, -0.2) is 43.3 Å². The minimum atomic E-state index is -3.64. The summed E-state index contributed by atoms with van der Waals surface area (Å²) in [4.78, 5) is 23.2. The van der Waals surface area contributed by atoms with Gasteiger partial charge in [0.15, 0.2) is 0 Å².